The third-order valence-corrected chi connectivity index (χ3v) is 5.68. The number of aryl methyl sites for hydroxylation is 1. The van der Waals surface area contributed by atoms with E-state index in [1.807, 2.05) is 24.3 Å². The van der Waals surface area contributed by atoms with Crippen molar-refractivity contribution in [3.05, 3.63) is 65.2 Å². The summed E-state index contributed by atoms with van der Waals surface area (Å²) in [6, 6.07) is 16.5. The Kier molecular flexibility index (Phi) is 5.72. The minimum absolute atomic E-state index is 0.0349. The van der Waals surface area contributed by atoms with Crippen LogP contribution in [0.4, 0.5) is 5.69 Å². The highest BCUT2D eigenvalue weighted by molar-refractivity contribution is 5.99. The molecule has 146 valence electrons. The topological polar surface area (TPSA) is 52.7 Å². The fourth-order valence-electron chi connectivity index (χ4n) is 4.16. The van der Waals surface area contributed by atoms with E-state index < -0.39 is 0 Å². The predicted octanol–water partition coefficient (Wildman–Crippen LogP) is 2.53. The molecule has 0 fully saturated rings. The van der Waals surface area contributed by atoms with Crippen molar-refractivity contribution in [3.63, 3.8) is 0 Å². The SMILES string of the molecule is O=C(CN1C(=O)CCCc2ccccc21)NCCN1CCc2ccccc2C1. The molecule has 2 heterocycles. The van der Waals surface area contributed by atoms with Crippen LogP contribution in [0.15, 0.2) is 48.5 Å². The number of benzene rings is 2. The number of amides is 2. The van der Waals surface area contributed by atoms with E-state index in [1.54, 1.807) is 4.90 Å². The normalized spacial score (nSPS) is 16.9. The second-order valence-corrected chi connectivity index (χ2v) is 7.61. The van der Waals surface area contributed by atoms with E-state index in [4.69, 9.17) is 0 Å². The van der Waals surface area contributed by atoms with Crippen LogP contribution in [0, 0.1) is 0 Å². The molecular weight excluding hydrogens is 350 g/mol. The van der Waals surface area contributed by atoms with Crippen molar-refractivity contribution in [2.45, 2.75) is 32.2 Å². The molecular formula is C23H27N3O2. The monoisotopic (exact) mass is 377 g/mol. The lowest BCUT2D eigenvalue weighted by molar-refractivity contribution is -0.123. The predicted molar refractivity (Wildman–Crippen MR) is 110 cm³/mol. The van der Waals surface area contributed by atoms with E-state index in [9.17, 15) is 9.59 Å². The number of fused-ring (bicyclic) bond motifs is 2. The molecule has 5 nitrogen and oxygen atoms in total. The van der Waals surface area contributed by atoms with Gasteiger partial charge in [0.2, 0.25) is 11.8 Å². The standard InChI is InChI=1S/C23H27N3O2/c27-22(17-26-21-10-4-3-7-19(21)9-5-11-23(26)28)24-13-15-25-14-12-18-6-1-2-8-20(18)16-25/h1-4,6-8,10H,5,9,11-17H2,(H,24,27). The number of carbonyl (C=O) groups excluding carboxylic acids is 2. The molecule has 0 spiro atoms. The quantitative estimate of drug-likeness (QED) is 0.871. The smallest absolute Gasteiger partial charge is 0.240 e. The summed E-state index contributed by atoms with van der Waals surface area (Å²) >= 11 is 0. The Hall–Kier alpha value is -2.66. The van der Waals surface area contributed by atoms with Crippen molar-refractivity contribution in [3.8, 4) is 0 Å². The molecule has 2 aliphatic heterocycles. The Morgan fingerprint density at radius 1 is 0.929 bits per heavy atom. The van der Waals surface area contributed by atoms with Crippen LogP contribution in [-0.4, -0.2) is 42.9 Å². The van der Waals surface area contributed by atoms with Crippen LogP contribution in [0.2, 0.25) is 0 Å². The number of hydrogen-bond acceptors (Lipinski definition) is 3. The van der Waals surface area contributed by atoms with Gasteiger partial charge in [-0.1, -0.05) is 42.5 Å². The first kappa shape index (κ1) is 18.7. The first-order chi connectivity index (χ1) is 13.7. The van der Waals surface area contributed by atoms with Crippen molar-refractivity contribution in [2.24, 2.45) is 0 Å². The average molecular weight is 377 g/mol. The van der Waals surface area contributed by atoms with Gasteiger partial charge < -0.3 is 10.2 Å². The van der Waals surface area contributed by atoms with Gasteiger partial charge in [-0.15, -0.1) is 0 Å². The maximum absolute atomic E-state index is 12.5. The number of carbonyl (C=O) groups is 2. The van der Waals surface area contributed by atoms with E-state index in [1.165, 1.54) is 11.1 Å². The molecule has 1 N–H and O–H groups in total. The molecule has 2 aromatic carbocycles. The number of anilines is 1. The second-order valence-electron chi connectivity index (χ2n) is 7.61. The van der Waals surface area contributed by atoms with Crippen LogP contribution in [0.5, 0.6) is 0 Å². The fraction of sp³-hybridized carbons (Fsp3) is 0.391. The summed E-state index contributed by atoms with van der Waals surface area (Å²) in [6.07, 6.45) is 3.28. The highest BCUT2D eigenvalue weighted by Gasteiger charge is 2.24. The molecule has 28 heavy (non-hydrogen) atoms. The second kappa shape index (κ2) is 8.57. The number of para-hydroxylation sites is 1. The molecule has 0 bridgehead atoms. The maximum atomic E-state index is 12.5. The van der Waals surface area contributed by atoms with Crippen molar-refractivity contribution in [1.29, 1.82) is 0 Å². The zero-order valence-corrected chi connectivity index (χ0v) is 16.2. The van der Waals surface area contributed by atoms with E-state index in [0.717, 1.165) is 50.1 Å². The number of nitrogens with one attached hydrogen (secondary N) is 1. The van der Waals surface area contributed by atoms with Gasteiger partial charge in [-0.2, -0.15) is 0 Å². The Labute approximate surface area is 166 Å². The minimum atomic E-state index is -0.0949. The molecule has 0 radical (unpaired) electrons. The van der Waals surface area contributed by atoms with E-state index in [0.29, 0.717) is 13.0 Å². The molecule has 0 unspecified atom stereocenters. The molecule has 0 aliphatic carbocycles. The zero-order valence-electron chi connectivity index (χ0n) is 16.2. The van der Waals surface area contributed by atoms with Gasteiger partial charge >= 0.3 is 0 Å². The minimum Gasteiger partial charge on any atom is -0.353 e. The van der Waals surface area contributed by atoms with Crippen LogP contribution >= 0.6 is 0 Å². The molecule has 2 amide bonds. The fourth-order valence-corrected chi connectivity index (χ4v) is 4.16. The van der Waals surface area contributed by atoms with Crippen LogP contribution in [0.3, 0.4) is 0 Å². The number of hydrogen-bond donors (Lipinski definition) is 1. The van der Waals surface area contributed by atoms with E-state index >= 15 is 0 Å². The zero-order chi connectivity index (χ0) is 19.3. The first-order valence-electron chi connectivity index (χ1n) is 10.1. The molecule has 0 atom stereocenters. The summed E-state index contributed by atoms with van der Waals surface area (Å²) in [7, 11) is 0. The highest BCUT2D eigenvalue weighted by atomic mass is 16.2. The summed E-state index contributed by atoms with van der Waals surface area (Å²) < 4.78 is 0. The molecule has 2 aromatic rings. The molecule has 5 heteroatoms. The molecule has 0 saturated carbocycles. The number of nitrogens with zero attached hydrogens (tertiary/aromatic N) is 2. The summed E-state index contributed by atoms with van der Waals surface area (Å²) in [4.78, 5) is 29.0. The van der Waals surface area contributed by atoms with Crippen LogP contribution in [-0.2, 0) is 29.0 Å². The Bertz CT molecular complexity index is 864. The van der Waals surface area contributed by atoms with Gasteiger partial charge in [0.05, 0.1) is 0 Å². The summed E-state index contributed by atoms with van der Waals surface area (Å²) in [5.41, 5.74) is 4.84. The lowest BCUT2D eigenvalue weighted by Gasteiger charge is -2.29. The molecule has 0 saturated heterocycles. The van der Waals surface area contributed by atoms with Crippen LogP contribution in [0.1, 0.15) is 29.5 Å². The lowest BCUT2D eigenvalue weighted by Crippen LogP contribution is -2.43. The van der Waals surface area contributed by atoms with Gasteiger partial charge in [0.25, 0.3) is 0 Å². The average Bonchev–Trinajstić information content (AvgIpc) is 2.87. The third-order valence-electron chi connectivity index (χ3n) is 5.68. The van der Waals surface area contributed by atoms with Gasteiger partial charge in [0, 0.05) is 38.3 Å². The third kappa shape index (κ3) is 4.25. The maximum Gasteiger partial charge on any atom is 0.240 e. The number of rotatable bonds is 5. The Morgan fingerprint density at radius 3 is 2.54 bits per heavy atom. The summed E-state index contributed by atoms with van der Waals surface area (Å²) in [5, 5.41) is 3.00. The van der Waals surface area contributed by atoms with Crippen molar-refractivity contribution in [1.82, 2.24) is 10.2 Å². The van der Waals surface area contributed by atoms with Gasteiger partial charge in [-0.3, -0.25) is 14.5 Å². The Morgan fingerprint density at radius 2 is 1.68 bits per heavy atom. The van der Waals surface area contributed by atoms with Gasteiger partial charge in [-0.05, 0) is 42.0 Å². The van der Waals surface area contributed by atoms with Gasteiger partial charge in [0.1, 0.15) is 6.54 Å². The molecule has 0 aromatic heterocycles. The Balaban J connectivity index is 1.30. The first-order valence-corrected chi connectivity index (χ1v) is 10.1. The summed E-state index contributed by atoms with van der Waals surface area (Å²) in [6.45, 7) is 3.48. The van der Waals surface area contributed by atoms with Crippen molar-refractivity contribution < 1.29 is 9.59 Å². The van der Waals surface area contributed by atoms with Gasteiger partial charge in [-0.25, -0.2) is 0 Å². The van der Waals surface area contributed by atoms with Crippen LogP contribution < -0.4 is 10.2 Å². The summed E-state index contributed by atoms with van der Waals surface area (Å²) in [5.74, 6) is -0.0600. The molecule has 2 aliphatic rings. The largest absolute Gasteiger partial charge is 0.353 e. The van der Waals surface area contributed by atoms with E-state index in [2.05, 4.69) is 34.5 Å². The van der Waals surface area contributed by atoms with E-state index in [-0.39, 0.29) is 18.4 Å². The highest BCUT2D eigenvalue weighted by Crippen LogP contribution is 2.26. The lowest BCUT2D eigenvalue weighted by atomic mass is 10.00. The van der Waals surface area contributed by atoms with Crippen LogP contribution in [0.25, 0.3) is 0 Å². The van der Waals surface area contributed by atoms with Gasteiger partial charge in [0.15, 0.2) is 0 Å². The molecule has 4 rings (SSSR count). The van der Waals surface area contributed by atoms with Crippen molar-refractivity contribution in [2.75, 3.05) is 31.1 Å². The van der Waals surface area contributed by atoms with Crippen molar-refractivity contribution >= 4 is 17.5 Å².